The van der Waals surface area contributed by atoms with Crippen LogP contribution in [0.5, 0.6) is 0 Å². The monoisotopic (exact) mass is 300 g/mol. The molecule has 0 atom stereocenters. The summed E-state index contributed by atoms with van der Waals surface area (Å²) in [7, 11) is 0. The number of nitrogens with zero attached hydrogens (tertiary/aromatic N) is 2. The van der Waals surface area contributed by atoms with Gasteiger partial charge in [0.1, 0.15) is 0 Å². The van der Waals surface area contributed by atoms with Crippen molar-refractivity contribution in [1.82, 2.24) is 10.6 Å². The van der Waals surface area contributed by atoms with Gasteiger partial charge in [-0.05, 0) is 37.8 Å². The fourth-order valence-electron chi connectivity index (χ4n) is 2.78. The van der Waals surface area contributed by atoms with Crippen LogP contribution < -0.4 is 15.5 Å². The molecule has 0 aromatic heterocycles. The number of fused-ring (bicyclic) bond motifs is 1. The summed E-state index contributed by atoms with van der Waals surface area (Å²) in [6.07, 6.45) is 3.14. The zero-order chi connectivity index (χ0) is 15.4. The third-order valence-corrected chi connectivity index (χ3v) is 4.10. The first-order valence-corrected chi connectivity index (χ1v) is 8.21. The van der Waals surface area contributed by atoms with E-state index < -0.39 is 0 Å². The minimum Gasteiger partial charge on any atom is -0.356 e. The molecule has 0 saturated heterocycles. The maximum absolute atomic E-state index is 11.6. The zero-order valence-electron chi connectivity index (χ0n) is 13.1. The Bertz CT molecular complexity index is 566. The van der Waals surface area contributed by atoms with Gasteiger partial charge in [-0.2, -0.15) is 0 Å². The smallest absolute Gasteiger partial charge is 0.223 e. The first-order chi connectivity index (χ1) is 10.8. The topological polar surface area (TPSA) is 56.7 Å². The molecule has 1 aliphatic carbocycles. The van der Waals surface area contributed by atoms with E-state index >= 15 is 0 Å². The molecular formula is C17H24N4O. The van der Waals surface area contributed by atoms with E-state index in [1.54, 1.807) is 0 Å². The van der Waals surface area contributed by atoms with Crippen molar-refractivity contribution >= 4 is 17.6 Å². The van der Waals surface area contributed by atoms with Gasteiger partial charge in [0.05, 0.1) is 6.54 Å². The molecular weight excluding hydrogens is 276 g/mol. The highest BCUT2D eigenvalue weighted by Gasteiger charge is 2.29. The van der Waals surface area contributed by atoms with Crippen LogP contribution in [-0.4, -0.2) is 38.0 Å². The summed E-state index contributed by atoms with van der Waals surface area (Å²) in [5.74, 6) is 1.36. The summed E-state index contributed by atoms with van der Waals surface area (Å²) in [4.78, 5) is 18.5. The number of rotatable bonds is 5. The largest absolute Gasteiger partial charge is 0.356 e. The number of guanidine groups is 1. The molecule has 0 spiro atoms. The summed E-state index contributed by atoms with van der Waals surface area (Å²) in [5, 5.41) is 6.31. The number of anilines is 1. The lowest BCUT2D eigenvalue weighted by molar-refractivity contribution is -0.122. The molecule has 1 amide bonds. The van der Waals surface area contributed by atoms with Crippen LogP contribution in [0.3, 0.4) is 0 Å². The van der Waals surface area contributed by atoms with Crippen molar-refractivity contribution in [2.45, 2.75) is 26.2 Å². The molecule has 0 bridgehead atoms. The number of aliphatic imine (C=N–C) groups is 1. The summed E-state index contributed by atoms with van der Waals surface area (Å²) in [5.41, 5.74) is 2.61. The minimum atomic E-state index is 0.187. The van der Waals surface area contributed by atoms with Crippen LogP contribution in [0.15, 0.2) is 29.3 Å². The van der Waals surface area contributed by atoms with Crippen molar-refractivity contribution in [3.63, 3.8) is 0 Å². The van der Waals surface area contributed by atoms with Crippen molar-refractivity contribution < 1.29 is 4.79 Å². The van der Waals surface area contributed by atoms with E-state index in [2.05, 4.69) is 51.7 Å². The average molecular weight is 300 g/mol. The molecule has 3 rings (SSSR count). The second-order valence-electron chi connectivity index (χ2n) is 5.83. The third-order valence-electron chi connectivity index (χ3n) is 4.10. The highest BCUT2D eigenvalue weighted by atomic mass is 16.2. The fourth-order valence-corrected chi connectivity index (χ4v) is 2.78. The van der Waals surface area contributed by atoms with Crippen molar-refractivity contribution in [3.05, 3.63) is 29.8 Å². The van der Waals surface area contributed by atoms with Crippen LogP contribution >= 0.6 is 0 Å². The van der Waals surface area contributed by atoms with Gasteiger partial charge in [0, 0.05) is 31.2 Å². The van der Waals surface area contributed by atoms with E-state index in [0.717, 1.165) is 38.3 Å². The normalized spacial score (nSPS) is 17.3. The Morgan fingerprint density at radius 2 is 2.14 bits per heavy atom. The van der Waals surface area contributed by atoms with Crippen LogP contribution in [0.4, 0.5) is 5.69 Å². The van der Waals surface area contributed by atoms with E-state index in [1.807, 2.05) is 0 Å². The van der Waals surface area contributed by atoms with Gasteiger partial charge in [0.2, 0.25) is 5.91 Å². The number of carbonyl (C=O) groups excluding carboxylic acids is 1. The van der Waals surface area contributed by atoms with Crippen LogP contribution in [0.1, 0.15) is 25.3 Å². The molecule has 0 unspecified atom stereocenters. The Labute approximate surface area is 131 Å². The molecule has 5 nitrogen and oxygen atoms in total. The van der Waals surface area contributed by atoms with Gasteiger partial charge < -0.3 is 15.5 Å². The summed E-state index contributed by atoms with van der Waals surface area (Å²) in [6.45, 7) is 5.09. The number of amides is 1. The van der Waals surface area contributed by atoms with Crippen LogP contribution in [-0.2, 0) is 11.2 Å². The van der Waals surface area contributed by atoms with Gasteiger partial charge in [-0.25, -0.2) is 0 Å². The molecule has 2 N–H and O–H groups in total. The Morgan fingerprint density at radius 1 is 1.32 bits per heavy atom. The Balaban J connectivity index is 1.60. The SMILES string of the molecule is CCNC(=NCCNC(=O)C1CC1)N1CCc2ccccc21. The number of carbonyl (C=O) groups is 1. The Kier molecular flexibility index (Phi) is 4.61. The average Bonchev–Trinajstić information content (AvgIpc) is 3.30. The third kappa shape index (κ3) is 3.40. The van der Waals surface area contributed by atoms with Gasteiger partial charge in [0.25, 0.3) is 0 Å². The van der Waals surface area contributed by atoms with Gasteiger partial charge >= 0.3 is 0 Å². The molecule has 1 aromatic carbocycles. The quantitative estimate of drug-likeness (QED) is 0.493. The number of hydrogen-bond acceptors (Lipinski definition) is 2. The van der Waals surface area contributed by atoms with E-state index in [9.17, 15) is 4.79 Å². The first-order valence-electron chi connectivity index (χ1n) is 8.21. The predicted molar refractivity (Wildman–Crippen MR) is 89.2 cm³/mol. The van der Waals surface area contributed by atoms with Crippen LogP contribution in [0, 0.1) is 5.92 Å². The van der Waals surface area contributed by atoms with Gasteiger partial charge in [-0.3, -0.25) is 9.79 Å². The zero-order valence-corrected chi connectivity index (χ0v) is 13.1. The molecule has 1 fully saturated rings. The number of para-hydroxylation sites is 1. The Hall–Kier alpha value is -2.04. The molecule has 5 heteroatoms. The van der Waals surface area contributed by atoms with Crippen molar-refractivity contribution in [2.75, 3.05) is 31.1 Å². The molecule has 1 aliphatic heterocycles. The van der Waals surface area contributed by atoms with E-state index in [0.29, 0.717) is 13.1 Å². The first kappa shape index (κ1) is 14.9. The standard InChI is InChI=1S/C17H24N4O/c1-2-18-17(20-11-10-19-16(22)14-7-8-14)21-12-9-13-5-3-4-6-15(13)21/h3-6,14H,2,7-12H2,1H3,(H,18,20)(H,19,22). The van der Waals surface area contributed by atoms with E-state index in [1.165, 1.54) is 11.3 Å². The number of nitrogens with one attached hydrogen (secondary N) is 2. The van der Waals surface area contributed by atoms with Gasteiger partial charge in [-0.1, -0.05) is 18.2 Å². The fraction of sp³-hybridized carbons (Fsp3) is 0.529. The maximum Gasteiger partial charge on any atom is 0.223 e. The molecule has 0 radical (unpaired) electrons. The van der Waals surface area contributed by atoms with Gasteiger partial charge in [-0.15, -0.1) is 0 Å². The second kappa shape index (κ2) is 6.81. The van der Waals surface area contributed by atoms with E-state index in [-0.39, 0.29) is 11.8 Å². The lowest BCUT2D eigenvalue weighted by Gasteiger charge is -2.22. The molecule has 1 aromatic rings. The van der Waals surface area contributed by atoms with Crippen LogP contribution in [0.2, 0.25) is 0 Å². The molecule has 2 aliphatic rings. The maximum atomic E-state index is 11.6. The molecule has 118 valence electrons. The lowest BCUT2D eigenvalue weighted by atomic mass is 10.2. The van der Waals surface area contributed by atoms with E-state index in [4.69, 9.17) is 0 Å². The number of benzene rings is 1. The second-order valence-corrected chi connectivity index (χ2v) is 5.83. The molecule has 1 heterocycles. The Morgan fingerprint density at radius 3 is 2.91 bits per heavy atom. The van der Waals surface area contributed by atoms with Gasteiger partial charge in [0.15, 0.2) is 5.96 Å². The van der Waals surface area contributed by atoms with Crippen molar-refractivity contribution in [2.24, 2.45) is 10.9 Å². The lowest BCUT2D eigenvalue weighted by Crippen LogP contribution is -2.41. The summed E-state index contributed by atoms with van der Waals surface area (Å²) >= 11 is 0. The van der Waals surface area contributed by atoms with Crippen LogP contribution in [0.25, 0.3) is 0 Å². The minimum absolute atomic E-state index is 0.187. The summed E-state index contributed by atoms with van der Waals surface area (Å²) in [6, 6.07) is 8.47. The number of hydrogen-bond donors (Lipinski definition) is 2. The summed E-state index contributed by atoms with van der Waals surface area (Å²) < 4.78 is 0. The highest BCUT2D eigenvalue weighted by Crippen LogP contribution is 2.28. The highest BCUT2D eigenvalue weighted by molar-refractivity contribution is 5.98. The molecule has 22 heavy (non-hydrogen) atoms. The predicted octanol–water partition coefficient (Wildman–Crippen LogP) is 1.54. The van der Waals surface area contributed by atoms with Crippen molar-refractivity contribution in [1.29, 1.82) is 0 Å². The van der Waals surface area contributed by atoms with Crippen molar-refractivity contribution in [3.8, 4) is 0 Å². The molecule has 1 saturated carbocycles.